The average Bonchev–Trinajstić information content (AvgIpc) is 2.70. The lowest BCUT2D eigenvalue weighted by atomic mass is 9.79. The lowest BCUT2D eigenvalue weighted by Crippen LogP contribution is -2.56. The Morgan fingerprint density at radius 1 is 1.18 bits per heavy atom. The molecule has 0 saturated carbocycles. The van der Waals surface area contributed by atoms with Gasteiger partial charge in [-0.1, -0.05) is 23.7 Å². The number of hydrogen-bond acceptors (Lipinski definition) is 4. The molecule has 2 atom stereocenters. The Kier molecular flexibility index (Phi) is 4.63. The first-order chi connectivity index (χ1) is 13.5. The van der Waals surface area contributed by atoms with E-state index < -0.39 is 23.4 Å². The van der Waals surface area contributed by atoms with Crippen LogP contribution in [0.2, 0.25) is 5.02 Å². The van der Waals surface area contributed by atoms with Crippen molar-refractivity contribution in [1.29, 1.82) is 0 Å². The molecule has 1 aromatic heterocycles. The molecule has 5 nitrogen and oxygen atoms in total. The van der Waals surface area contributed by atoms with Crippen molar-refractivity contribution in [2.24, 2.45) is 0 Å². The number of fused-ring (bicyclic) bond motifs is 1. The summed E-state index contributed by atoms with van der Waals surface area (Å²) in [6.45, 7) is 0. The maximum atomic E-state index is 13.4. The minimum absolute atomic E-state index is 0.275. The van der Waals surface area contributed by atoms with Crippen molar-refractivity contribution in [2.45, 2.75) is 11.7 Å². The van der Waals surface area contributed by atoms with Crippen LogP contribution in [0.15, 0.2) is 66.9 Å². The number of amides is 1. The van der Waals surface area contributed by atoms with Gasteiger partial charge in [-0.3, -0.25) is 14.7 Å². The van der Waals surface area contributed by atoms with Gasteiger partial charge in [-0.15, -0.1) is 0 Å². The number of pyridine rings is 1. The van der Waals surface area contributed by atoms with Gasteiger partial charge < -0.3 is 9.84 Å². The summed E-state index contributed by atoms with van der Waals surface area (Å²) >= 11 is 6.19. The summed E-state index contributed by atoms with van der Waals surface area (Å²) in [4.78, 5) is 19.0. The number of halogens is 2. The Morgan fingerprint density at radius 2 is 1.93 bits per heavy atom. The van der Waals surface area contributed by atoms with Gasteiger partial charge in [0, 0.05) is 29.6 Å². The van der Waals surface area contributed by atoms with E-state index in [0.717, 1.165) is 0 Å². The third kappa shape index (κ3) is 2.77. The van der Waals surface area contributed by atoms with Crippen molar-refractivity contribution < 1.29 is 19.0 Å². The fraction of sp³-hybridized carbons (Fsp3) is 0.143. The number of benzene rings is 2. The second-order valence-electron chi connectivity index (χ2n) is 6.41. The van der Waals surface area contributed by atoms with Crippen LogP contribution in [0.3, 0.4) is 0 Å². The first-order valence-electron chi connectivity index (χ1n) is 8.53. The zero-order chi connectivity index (χ0) is 19.9. The molecular weight excluding hydrogens is 383 g/mol. The van der Waals surface area contributed by atoms with Crippen molar-refractivity contribution in [1.82, 2.24) is 4.98 Å². The summed E-state index contributed by atoms with van der Waals surface area (Å²) in [5, 5.41) is 12.1. The molecule has 0 aliphatic carbocycles. The van der Waals surface area contributed by atoms with Gasteiger partial charge in [-0.25, -0.2) is 4.39 Å². The molecule has 142 valence electrons. The number of methoxy groups -OCH3 is 1. The van der Waals surface area contributed by atoms with E-state index in [4.69, 9.17) is 16.3 Å². The molecular formula is C21H16ClFN2O3. The number of carbonyl (C=O) groups is 1. The van der Waals surface area contributed by atoms with E-state index in [-0.39, 0.29) is 5.69 Å². The van der Waals surface area contributed by atoms with Crippen LogP contribution < -0.4 is 4.90 Å². The first kappa shape index (κ1) is 18.6. The number of aliphatic hydroxyl groups is 1. The van der Waals surface area contributed by atoms with Crippen LogP contribution in [-0.2, 0) is 15.1 Å². The van der Waals surface area contributed by atoms with Gasteiger partial charge in [0.2, 0.25) is 0 Å². The second kappa shape index (κ2) is 6.98. The number of rotatable bonds is 3. The highest BCUT2D eigenvalue weighted by Gasteiger charge is 2.53. The summed E-state index contributed by atoms with van der Waals surface area (Å²) in [6, 6.07) is 15.4. The second-order valence-corrected chi connectivity index (χ2v) is 6.85. The molecule has 0 saturated heterocycles. The maximum absolute atomic E-state index is 13.4. The van der Waals surface area contributed by atoms with E-state index in [2.05, 4.69) is 4.98 Å². The highest BCUT2D eigenvalue weighted by atomic mass is 35.5. The minimum Gasteiger partial charge on any atom is -0.375 e. The van der Waals surface area contributed by atoms with E-state index in [1.54, 1.807) is 36.4 Å². The molecule has 0 bridgehead atoms. The smallest absolute Gasteiger partial charge is 0.264 e. The molecule has 1 aliphatic heterocycles. The molecule has 3 aromatic rings. The van der Waals surface area contributed by atoms with Crippen molar-refractivity contribution in [3.63, 3.8) is 0 Å². The van der Waals surface area contributed by atoms with Gasteiger partial charge in [0.25, 0.3) is 5.91 Å². The predicted octanol–water partition coefficient (Wildman–Crippen LogP) is 3.80. The van der Waals surface area contributed by atoms with Crippen LogP contribution >= 0.6 is 11.6 Å². The Labute approximate surface area is 166 Å². The van der Waals surface area contributed by atoms with Crippen molar-refractivity contribution >= 4 is 28.9 Å². The quantitative estimate of drug-likeness (QED) is 0.728. The molecule has 1 amide bonds. The van der Waals surface area contributed by atoms with Crippen LogP contribution in [0.25, 0.3) is 0 Å². The zero-order valence-corrected chi connectivity index (χ0v) is 15.6. The number of aromatic nitrogens is 1. The maximum Gasteiger partial charge on any atom is 0.264 e. The molecule has 2 unspecified atom stereocenters. The molecule has 2 aromatic carbocycles. The summed E-state index contributed by atoms with van der Waals surface area (Å²) in [6.07, 6.45) is 0.271. The van der Waals surface area contributed by atoms with Crippen LogP contribution in [0.4, 0.5) is 15.8 Å². The lowest BCUT2D eigenvalue weighted by molar-refractivity contribution is -0.145. The SMILES string of the molecule is COC1C(=O)N(c2ccc(F)cc2)c2cc(Cl)ccc2C1(O)c1ccccn1. The molecule has 0 radical (unpaired) electrons. The van der Waals surface area contributed by atoms with E-state index in [1.165, 1.54) is 42.5 Å². The van der Waals surface area contributed by atoms with Gasteiger partial charge in [0.05, 0.1) is 11.4 Å². The van der Waals surface area contributed by atoms with E-state index in [1.807, 2.05) is 0 Å². The van der Waals surface area contributed by atoms with E-state index in [0.29, 0.717) is 22.0 Å². The number of anilines is 2. The number of carbonyl (C=O) groups excluding carboxylic acids is 1. The monoisotopic (exact) mass is 398 g/mol. The summed E-state index contributed by atoms with van der Waals surface area (Å²) in [5.41, 5.74) is -0.321. The molecule has 0 spiro atoms. The third-order valence-electron chi connectivity index (χ3n) is 4.81. The fourth-order valence-corrected chi connectivity index (χ4v) is 3.72. The standard InChI is InChI=1S/C21H16ClFN2O3/c1-28-19-20(26)25(15-8-6-14(23)7-9-15)17-12-13(22)5-10-16(17)21(19,27)18-4-2-3-11-24-18/h2-12,19,27H,1H3. The summed E-state index contributed by atoms with van der Waals surface area (Å²) in [7, 11) is 1.35. The van der Waals surface area contributed by atoms with E-state index in [9.17, 15) is 14.3 Å². The average molecular weight is 399 g/mol. The summed E-state index contributed by atoms with van der Waals surface area (Å²) in [5.74, 6) is -0.940. The molecule has 1 N–H and O–H groups in total. The van der Waals surface area contributed by atoms with Crippen LogP contribution in [0.1, 0.15) is 11.3 Å². The Balaban J connectivity index is 2.00. The van der Waals surface area contributed by atoms with Gasteiger partial charge >= 0.3 is 0 Å². The van der Waals surface area contributed by atoms with Crippen molar-refractivity contribution in [2.75, 3.05) is 12.0 Å². The normalized spacial score (nSPS) is 21.5. The van der Waals surface area contributed by atoms with Crippen LogP contribution in [0, 0.1) is 5.82 Å². The Morgan fingerprint density at radius 3 is 2.57 bits per heavy atom. The fourth-order valence-electron chi connectivity index (χ4n) is 3.56. The number of nitrogens with zero attached hydrogens (tertiary/aromatic N) is 2. The lowest BCUT2D eigenvalue weighted by Gasteiger charge is -2.43. The molecule has 28 heavy (non-hydrogen) atoms. The molecule has 0 fully saturated rings. The van der Waals surface area contributed by atoms with Gasteiger partial charge in [0.1, 0.15) is 5.82 Å². The zero-order valence-electron chi connectivity index (χ0n) is 14.8. The topological polar surface area (TPSA) is 62.7 Å². The predicted molar refractivity (Wildman–Crippen MR) is 103 cm³/mol. The highest BCUT2D eigenvalue weighted by Crippen LogP contribution is 2.47. The van der Waals surface area contributed by atoms with Crippen LogP contribution in [0.5, 0.6) is 0 Å². The molecule has 2 heterocycles. The van der Waals surface area contributed by atoms with Crippen molar-refractivity contribution in [3.8, 4) is 0 Å². The van der Waals surface area contributed by atoms with E-state index >= 15 is 0 Å². The summed E-state index contributed by atoms with van der Waals surface area (Å²) < 4.78 is 18.8. The van der Waals surface area contributed by atoms with Gasteiger partial charge in [-0.05, 0) is 48.5 Å². The molecule has 7 heteroatoms. The number of ether oxygens (including phenoxy) is 1. The van der Waals surface area contributed by atoms with Gasteiger partial charge in [0.15, 0.2) is 11.7 Å². The number of hydrogen-bond donors (Lipinski definition) is 1. The molecule has 1 aliphatic rings. The van der Waals surface area contributed by atoms with Crippen molar-refractivity contribution in [3.05, 3.63) is 89.0 Å². The largest absolute Gasteiger partial charge is 0.375 e. The molecule has 4 rings (SSSR count). The van der Waals surface area contributed by atoms with Crippen LogP contribution in [-0.4, -0.2) is 29.2 Å². The Bertz CT molecular complexity index is 1030. The Hall–Kier alpha value is -2.80. The minimum atomic E-state index is -1.82. The van der Waals surface area contributed by atoms with Gasteiger partial charge in [-0.2, -0.15) is 0 Å². The third-order valence-corrected chi connectivity index (χ3v) is 5.05. The first-order valence-corrected chi connectivity index (χ1v) is 8.91. The highest BCUT2D eigenvalue weighted by molar-refractivity contribution is 6.31.